The van der Waals surface area contributed by atoms with Gasteiger partial charge in [0, 0.05) is 25.2 Å². The molecule has 2 aromatic heterocycles. The minimum absolute atomic E-state index is 0.213. The van der Waals surface area contributed by atoms with Gasteiger partial charge >= 0.3 is 11.7 Å². The van der Waals surface area contributed by atoms with Crippen molar-refractivity contribution in [1.29, 1.82) is 0 Å². The third-order valence-corrected chi connectivity index (χ3v) is 4.04. The lowest BCUT2D eigenvalue weighted by Crippen LogP contribution is -2.39. The molecule has 1 aromatic carbocycles. The number of nitrogens with zero attached hydrogens (tertiary/aromatic N) is 3. The topological polar surface area (TPSA) is 110 Å². The normalized spacial score (nSPS) is 11.5. The highest BCUT2D eigenvalue weighted by atomic mass is 16.4. The Morgan fingerprint density at radius 2 is 1.96 bits per heavy atom. The molecular weight excluding hydrogens is 336 g/mol. The second kappa shape index (κ2) is 6.83. The quantitative estimate of drug-likeness (QED) is 0.676. The van der Waals surface area contributed by atoms with Crippen LogP contribution in [-0.4, -0.2) is 30.2 Å². The third kappa shape index (κ3) is 3.08. The number of aromatic nitrogens is 4. The van der Waals surface area contributed by atoms with Crippen molar-refractivity contribution >= 4 is 23.2 Å². The van der Waals surface area contributed by atoms with E-state index in [4.69, 9.17) is 5.11 Å². The highest BCUT2D eigenvalue weighted by Gasteiger charge is 2.15. The second-order valence-corrected chi connectivity index (χ2v) is 5.87. The van der Waals surface area contributed by atoms with E-state index < -0.39 is 11.5 Å². The summed E-state index contributed by atoms with van der Waals surface area (Å²) in [6.07, 6.45) is 3.21. The molecule has 26 heavy (non-hydrogen) atoms. The summed E-state index contributed by atoms with van der Waals surface area (Å²) in [6.45, 7) is 2.24. The van der Waals surface area contributed by atoms with Crippen molar-refractivity contribution in [3.8, 4) is 11.4 Å². The zero-order valence-electron chi connectivity index (χ0n) is 14.4. The summed E-state index contributed by atoms with van der Waals surface area (Å²) in [5.41, 5.74) is 1.25. The van der Waals surface area contributed by atoms with E-state index >= 15 is 0 Å². The van der Waals surface area contributed by atoms with Gasteiger partial charge in [-0.25, -0.2) is 14.6 Å². The molecule has 3 aromatic rings. The Bertz CT molecular complexity index is 1120. The summed E-state index contributed by atoms with van der Waals surface area (Å²) in [5.74, 6) is -0.550. The molecule has 0 aliphatic heterocycles. The van der Waals surface area contributed by atoms with E-state index in [1.165, 1.54) is 15.2 Å². The Labute approximate surface area is 148 Å². The SMILES string of the molecule is CCCn1c(=O)c2nc(-c3ccc(C=CC(=O)O)cc3)[nH]c2n(C)c1=O. The van der Waals surface area contributed by atoms with Gasteiger partial charge in [0.05, 0.1) is 0 Å². The van der Waals surface area contributed by atoms with Crippen LogP contribution in [0.5, 0.6) is 0 Å². The maximum absolute atomic E-state index is 12.5. The van der Waals surface area contributed by atoms with Crippen LogP contribution in [0.15, 0.2) is 39.9 Å². The second-order valence-electron chi connectivity index (χ2n) is 5.87. The predicted molar refractivity (Wildman–Crippen MR) is 98.0 cm³/mol. The number of carbonyl (C=O) groups is 1. The van der Waals surface area contributed by atoms with Gasteiger partial charge in [-0.1, -0.05) is 31.2 Å². The number of hydrogen-bond donors (Lipinski definition) is 2. The Kier molecular flexibility index (Phi) is 4.57. The minimum atomic E-state index is -1.02. The van der Waals surface area contributed by atoms with Crippen LogP contribution in [0.3, 0.4) is 0 Å². The number of rotatable bonds is 5. The molecule has 2 heterocycles. The number of fused-ring (bicyclic) bond motifs is 1. The largest absolute Gasteiger partial charge is 0.478 e. The first-order valence-corrected chi connectivity index (χ1v) is 8.13. The fraction of sp³-hybridized carbons (Fsp3) is 0.222. The highest BCUT2D eigenvalue weighted by Crippen LogP contribution is 2.19. The fourth-order valence-corrected chi connectivity index (χ4v) is 2.72. The van der Waals surface area contributed by atoms with Crippen molar-refractivity contribution in [2.24, 2.45) is 7.05 Å². The Morgan fingerprint density at radius 3 is 2.58 bits per heavy atom. The molecule has 0 bridgehead atoms. The minimum Gasteiger partial charge on any atom is -0.478 e. The molecule has 2 N–H and O–H groups in total. The molecule has 0 atom stereocenters. The molecule has 0 saturated heterocycles. The van der Waals surface area contributed by atoms with Crippen molar-refractivity contribution in [2.75, 3.05) is 0 Å². The molecular formula is C18H18N4O4. The Morgan fingerprint density at radius 1 is 1.27 bits per heavy atom. The summed E-state index contributed by atoms with van der Waals surface area (Å²) in [6, 6.07) is 7.02. The van der Waals surface area contributed by atoms with Crippen molar-refractivity contribution < 1.29 is 9.90 Å². The molecule has 0 fully saturated rings. The lowest BCUT2D eigenvalue weighted by Gasteiger charge is -2.05. The number of benzene rings is 1. The first-order valence-electron chi connectivity index (χ1n) is 8.13. The maximum atomic E-state index is 12.5. The predicted octanol–water partition coefficient (Wildman–Crippen LogP) is 1.60. The molecule has 0 aliphatic carbocycles. The van der Waals surface area contributed by atoms with Gasteiger partial charge in [-0.15, -0.1) is 0 Å². The molecule has 8 nitrogen and oxygen atoms in total. The molecule has 134 valence electrons. The first-order chi connectivity index (χ1) is 12.4. The maximum Gasteiger partial charge on any atom is 0.332 e. The number of imidazole rings is 1. The van der Waals surface area contributed by atoms with Crippen LogP contribution in [-0.2, 0) is 18.4 Å². The van der Waals surface area contributed by atoms with Gasteiger partial charge in [0.15, 0.2) is 5.52 Å². The number of aryl methyl sites for hydroxylation is 1. The summed E-state index contributed by atoms with van der Waals surface area (Å²) in [5, 5.41) is 8.66. The van der Waals surface area contributed by atoms with Crippen LogP contribution in [0.2, 0.25) is 0 Å². The molecule has 0 amide bonds. The van der Waals surface area contributed by atoms with Crippen molar-refractivity contribution in [3.63, 3.8) is 0 Å². The van der Waals surface area contributed by atoms with Crippen molar-refractivity contribution in [2.45, 2.75) is 19.9 Å². The average Bonchev–Trinajstić information content (AvgIpc) is 3.08. The van der Waals surface area contributed by atoms with Gasteiger partial charge in [0.1, 0.15) is 11.5 Å². The average molecular weight is 354 g/mol. The smallest absolute Gasteiger partial charge is 0.332 e. The number of aromatic amines is 1. The van der Waals surface area contributed by atoms with E-state index in [2.05, 4.69) is 9.97 Å². The van der Waals surface area contributed by atoms with E-state index in [-0.39, 0.29) is 11.2 Å². The van der Waals surface area contributed by atoms with Gasteiger partial charge in [0.2, 0.25) is 0 Å². The molecule has 3 rings (SSSR count). The number of hydrogen-bond acceptors (Lipinski definition) is 4. The van der Waals surface area contributed by atoms with Crippen LogP contribution in [0.1, 0.15) is 18.9 Å². The van der Waals surface area contributed by atoms with Gasteiger partial charge in [0.25, 0.3) is 5.56 Å². The van der Waals surface area contributed by atoms with Crippen molar-refractivity contribution in [1.82, 2.24) is 19.1 Å². The van der Waals surface area contributed by atoms with Crippen LogP contribution in [0.25, 0.3) is 28.6 Å². The van der Waals surface area contributed by atoms with Gasteiger partial charge < -0.3 is 10.1 Å². The first kappa shape index (κ1) is 17.4. The lowest BCUT2D eigenvalue weighted by atomic mass is 10.1. The van der Waals surface area contributed by atoms with Crippen LogP contribution in [0, 0.1) is 0 Å². The molecule has 0 saturated carbocycles. The zero-order valence-corrected chi connectivity index (χ0v) is 14.4. The summed E-state index contributed by atoms with van der Waals surface area (Å²) in [4.78, 5) is 42.8. The third-order valence-electron chi connectivity index (χ3n) is 4.04. The van der Waals surface area contributed by atoms with Crippen LogP contribution < -0.4 is 11.2 Å². The van der Waals surface area contributed by atoms with Gasteiger partial charge in [-0.2, -0.15) is 0 Å². The summed E-state index contributed by atoms with van der Waals surface area (Å²) >= 11 is 0. The number of carboxylic acid groups (broad SMARTS) is 1. The lowest BCUT2D eigenvalue weighted by molar-refractivity contribution is -0.131. The Hall–Kier alpha value is -3.42. The highest BCUT2D eigenvalue weighted by molar-refractivity contribution is 5.85. The van der Waals surface area contributed by atoms with E-state index in [1.54, 1.807) is 31.3 Å². The summed E-state index contributed by atoms with van der Waals surface area (Å²) in [7, 11) is 1.60. The monoisotopic (exact) mass is 354 g/mol. The molecule has 0 aliphatic rings. The van der Waals surface area contributed by atoms with Crippen LogP contribution in [0.4, 0.5) is 0 Å². The molecule has 0 unspecified atom stereocenters. The van der Waals surface area contributed by atoms with E-state index in [0.717, 1.165) is 17.2 Å². The van der Waals surface area contributed by atoms with E-state index in [1.807, 2.05) is 6.92 Å². The molecule has 8 heteroatoms. The Balaban J connectivity index is 2.08. The number of aliphatic carboxylic acids is 1. The number of carboxylic acids is 1. The standard InChI is InChI=1S/C18H18N4O4/c1-3-10-22-17(25)14-16(21(2)18(22)26)20-15(19-14)12-7-4-11(5-8-12)6-9-13(23)24/h4-9H,3,10H2,1-2H3,(H,19,20)(H,23,24). The van der Waals surface area contributed by atoms with E-state index in [9.17, 15) is 14.4 Å². The number of H-pyrrole nitrogens is 1. The van der Waals surface area contributed by atoms with Gasteiger partial charge in [-0.3, -0.25) is 13.9 Å². The summed E-state index contributed by atoms with van der Waals surface area (Å²) < 4.78 is 2.57. The zero-order chi connectivity index (χ0) is 18.8. The van der Waals surface area contributed by atoms with Crippen LogP contribution >= 0.6 is 0 Å². The molecule has 0 spiro atoms. The van der Waals surface area contributed by atoms with Gasteiger partial charge in [-0.05, 0) is 18.1 Å². The van der Waals surface area contributed by atoms with Crippen molar-refractivity contribution in [3.05, 3.63) is 56.7 Å². The fourth-order valence-electron chi connectivity index (χ4n) is 2.72. The molecule has 0 radical (unpaired) electrons. The number of nitrogens with one attached hydrogen (secondary N) is 1. The van der Waals surface area contributed by atoms with E-state index in [0.29, 0.717) is 24.4 Å².